The van der Waals surface area contributed by atoms with Crippen LogP contribution < -0.4 is 0 Å². The number of nitrogens with zero attached hydrogens (tertiary/aromatic N) is 2. The Morgan fingerprint density at radius 3 is 2.56 bits per heavy atom. The van der Waals surface area contributed by atoms with Crippen LogP contribution in [0.15, 0.2) is 47.8 Å². The van der Waals surface area contributed by atoms with E-state index in [0.29, 0.717) is 11.4 Å². The molecule has 0 atom stereocenters. The lowest BCUT2D eigenvalue weighted by Crippen LogP contribution is -1.98. The first-order valence-electron chi connectivity index (χ1n) is 5.62. The SMILES string of the molecule is Cc1nn(-c2ccccc2)c(-c2cccs2)c1F. The quantitative estimate of drug-likeness (QED) is 0.678. The molecule has 2 aromatic heterocycles. The number of aromatic nitrogens is 2. The molecular formula is C14H11FN2S. The molecule has 0 saturated carbocycles. The van der Waals surface area contributed by atoms with Gasteiger partial charge < -0.3 is 0 Å². The molecule has 0 amide bonds. The highest BCUT2D eigenvalue weighted by Gasteiger charge is 2.18. The van der Waals surface area contributed by atoms with Gasteiger partial charge in [0.05, 0.1) is 16.3 Å². The molecule has 0 unspecified atom stereocenters. The fraction of sp³-hybridized carbons (Fsp3) is 0.0714. The monoisotopic (exact) mass is 258 g/mol. The maximum Gasteiger partial charge on any atom is 0.173 e. The maximum atomic E-state index is 14.2. The molecule has 0 bridgehead atoms. The van der Waals surface area contributed by atoms with Crippen molar-refractivity contribution in [2.75, 3.05) is 0 Å². The summed E-state index contributed by atoms with van der Waals surface area (Å²) in [4.78, 5) is 0.886. The third kappa shape index (κ3) is 1.75. The first-order chi connectivity index (χ1) is 8.77. The highest BCUT2D eigenvalue weighted by molar-refractivity contribution is 7.13. The summed E-state index contributed by atoms with van der Waals surface area (Å²) in [7, 11) is 0. The average molecular weight is 258 g/mol. The van der Waals surface area contributed by atoms with Crippen LogP contribution in [0.3, 0.4) is 0 Å². The summed E-state index contributed by atoms with van der Waals surface area (Å²) in [5.74, 6) is -0.249. The van der Waals surface area contributed by atoms with E-state index in [0.717, 1.165) is 10.6 Å². The van der Waals surface area contributed by atoms with Crippen molar-refractivity contribution >= 4 is 11.3 Å². The summed E-state index contributed by atoms with van der Waals surface area (Å²) in [5.41, 5.74) is 1.82. The molecule has 2 heterocycles. The summed E-state index contributed by atoms with van der Waals surface area (Å²) in [6.07, 6.45) is 0. The van der Waals surface area contributed by atoms with E-state index in [1.807, 2.05) is 47.8 Å². The zero-order valence-corrected chi connectivity index (χ0v) is 10.6. The van der Waals surface area contributed by atoms with Crippen molar-refractivity contribution in [3.05, 3.63) is 59.4 Å². The maximum absolute atomic E-state index is 14.2. The van der Waals surface area contributed by atoms with Crippen LogP contribution in [0.25, 0.3) is 16.3 Å². The Morgan fingerprint density at radius 1 is 1.11 bits per heavy atom. The van der Waals surface area contributed by atoms with Crippen LogP contribution in [0.4, 0.5) is 4.39 Å². The molecule has 4 heteroatoms. The number of hydrogen-bond acceptors (Lipinski definition) is 2. The molecule has 2 nitrogen and oxygen atoms in total. The van der Waals surface area contributed by atoms with E-state index in [-0.39, 0.29) is 5.82 Å². The Bertz CT molecular complexity index is 657. The molecule has 0 aliphatic heterocycles. The van der Waals surface area contributed by atoms with Crippen LogP contribution in [-0.4, -0.2) is 9.78 Å². The van der Waals surface area contributed by atoms with Gasteiger partial charge in [0.15, 0.2) is 5.82 Å². The van der Waals surface area contributed by atoms with Gasteiger partial charge in [0, 0.05) is 0 Å². The topological polar surface area (TPSA) is 17.8 Å². The molecule has 0 saturated heterocycles. The number of halogens is 1. The second-order valence-corrected chi connectivity index (χ2v) is 4.92. The lowest BCUT2D eigenvalue weighted by atomic mass is 10.2. The second kappa shape index (κ2) is 4.38. The first-order valence-corrected chi connectivity index (χ1v) is 6.50. The molecule has 0 aliphatic rings. The standard InChI is InChI=1S/C14H11FN2S/c1-10-13(15)14(12-8-5-9-18-12)17(16-10)11-6-3-2-4-7-11/h2-9H,1H3. The van der Waals surface area contributed by atoms with Crippen LogP contribution in [0.5, 0.6) is 0 Å². The van der Waals surface area contributed by atoms with Crippen molar-refractivity contribution in [3.63, 3.8) is 0 Å². The summed E-state index contributed by atoms with van der Waals surface area (Å²) in [5, 5.41) is 6.22. The molecule has 1 aromatic carbocycles. The largest absolute Gasteiger partial charge is 0.229 e. The Kier molecular flexibility index (Phi) is 2.72. The minimum atomic E-state index is -0.249. The highest BCUT2D eigenvalue weighted by atomic mass is 32.1. The molecule has 0 spiro atoms. The third-order valence-corrected chi connectivity index (χ3v) is 3.62. The number of para-hydroxylation sites is 1. The van der Waals surface area contributed by atoms with Gasteiger partial charge in [-0.2, -0.15) is 5.10 Å². The van der Waals surface area contributed by atoms with E-state index in [9.17, 15) is 4.39 Å². The van der Waals surface area contributed by atoms with E-state index in [4.69, 9.17) is 0 Å². The Hall–Kier alpha value is -1.94. The summed E-state index contributed by atoms with van der Waals surface area (Å²) in [6.45, 7) is 1.69. The molecule has 0 fully saturated rings. The van der Waals surface area contributed by atoms with Gasteiger partial charge in [0.25, 0.3) is 0 Å². The summed E-state index contributed by atoms with van der Waals surface area (Å²) >= 11 is 1.51. The minimum absolute atomic E-state index is 0.249. The van der Waals surface area contributed by atoms with Crippen LogP contribution in [0.1, 0.15) is 5.69 Å². The Labute approximate surface area is 108 Å². The van der Waals surface area contributed by atoms with Crippen molar-refractivity contribution in [1.29, 1.82) is 0 Å². The minimum Gasteiger partial charge on any atom is -0.229 e. The molecule has 0 radical (unpaired) electrons. The number of rotatable bonds is 2. The number of aryl methyl sites for hydroxylation is 1. The molecule has 3 aromatic rings. The average Bonchev–Trinajstić information content (AvgIpc) is 3.00. The van der Waals surface area contributed by atoms with Crippen LogP contribution in [0, 0.1) is 12.7 Å². The van der Waals surface area contributed by atoms with E-state index < -0.39 is 0 Å². The van der Waals surface area contributed by atoms with Crippen LogP contribution >= 0.6 is 11.3 Å². The van der Waals surface area contributed by atoms with E-state index >= 15 is 0 Å². The van der Waals surface area contributed by atoms with Crippen LogP contribution in [-0.2, 0) is 0 Å². The predicted molar refractivity (Wildman–Crippen MR) is 71.6 cm³/mol. The smallest absolute Gasteiger partial charge is 0.173 e. The Balaban J connectivity index is 2.25. The number of hydrogen-bond donors (Lipinski definition) is 0. The first kappa shape index (κ1) is 11.2. The van der Waals surface area contributed by atoms with Gasteiger partial charge in [-0.05, 0) is 30.5 Å². The van der Waals surface area contributed by atoms with Crippen molar-refractivity contribution < 1.29 is 4.39 Å². The van der Waals surface area contributed by atoms with Crippen molar-refractivity contribution in [3.8, 4) is 16.3 Å². The van der Waals surface area contributed by atoms with Gasteiger partial charge in [0.1, 0.15) is 5.69 Å². The van der Waals surface area contributed by atoms with Crippen molar-refractivity contribution in [2.45, 2.75) is 6.92 Å². The van der Waals surface area contributed by atoms with Gasteiger partial charge in [-0.1, -0.05) is 24.3 Å². The van der Waals surface area contributed by atoms with E-state index in [1.165, 1.54) is 11.3 Å². The van der Waals surface area contributed by atoms with E-state index in [2.05, 4.69) is 5.10 Å². The normalized spacial score (nSPS) is 10.8. The zero-order valence-electron chi connectivity index (χ0n) is 9.80. The molecular weight excluding hydrogens is 247 g/mol. The van der Waals surface area contributed by atoms with Gasteiger partial charge in [0.2, 0.25) is 0 Å². The van der Waals surface area contributed by atoms with Crippen molar-refractivity contribution in [2.24, 2.45) is 0 Å². The van der Waals surface area contributed by atoms with Crippen molar-refractivity contribution in [1.82, 2.24) is 9.78 Å². The van der Waals surface area contributed by atoms with Gasteiger partial charge in [-0.25, -0.2) is 9.07 Å². The Morgan fingerprint density at radius 2 is 1.89 bits per heavy atom. The summed E-state index contributed by atoms with van der Waals surface area (Å²) in [6, 6.07) is 13.4. The third-order valence-electron chi connectivity index (χ3n) is 2.74. The number of benzene rings is 1. The van der Waals surface area contributed by atoms with Gasteiger partial charge in [-0.3, -0.25) is 0 Å². The number of thiophene rings is 1. The zero-order chi connectivity index (χ0) is 12.5. The van der Waals surface area contributed by atoms with Gasteiger partial charge >= 0.3 is 0 Å². The fourth-order valence-corrected chi connectivity index (χ4v) is 2.64. The fourth-order valence-electron chi connectivity index (χ4n) is 1.89. The molecule has 0 N–H and O–H groups in total. The van der Waals surface area contributed by atoms with Gasteiger partial charge in [-0.15, -0.1) is 11.3 Å². The molecule has 90 valence electrons. The van der Waals surface area contributed by atoms with Crippen LogP contribution in [0.2, 0.25) is 0 Å². The molecule has 3 rings (SSSR count). The second-order valence-electron chi connectivity index (χ2n) is 3.97. The van der Waals surface area contributed by atoms with E-state index in [1.54, 1.807) is 11.6 Å². The highest BCUT2D eigenvalue weighted by Crippen LogP contribution is 2.30. The predicted octanol–water partition coefficient (Wildman–Crippen LogP) is 4.05. The lowest BCUT2D eigenvalue weighted by Gasteiger charge is -2.05. The molecule has 18 heavy (non-hydrogen) atoms. The summed E-state index contributed by atoms with van der Waals surface area (Å²) < 4.78 is 15.9. The molecule has 0 aliphatic carbocycles. The lowest BCUT2D eigenvalue weighted by molar-refractivity contribution is 0.622.